The monoisotopic (exact) mass is 321 g/mol. The Labute approximate surface area is 131 Å². The summed E-state index contributed by atoms with van der Waals surface area (Å²) >= 11 is 0. The van der Waals surface area contributed by atoms with Crippen molar-refractivity contribution in [2.45, 2.75) is 19.9 Å². The SMILES string of the molecule is C=Cc1cccc[n+]1CCCS(=O)(=O)O.Cc1ccccn1. The molecule has 22 heavy (non-hydrogen) atoms. The first-order valence-electron chi connectivity index (χ1n) is 6.86. The molecule has 118 valence electrons. The van der Waals surface area contributed by atoms with Gasteiger partial charge in [0, 0.05) is 36.5 Å². The molecule has 6 heteroatoms. The minimum absolute atomic E-state index is 0.217. The first-order chi connectivity index (χ1) is 10.4. The van der Waals surface area contributed by atoms with Crippen LogP contribution in [0.25, 0.3) is 6.08 Å². The number of nitrogens with zero attached hydrogens (tertiary/aromatic N) is 2. The summed E-state index contributed by atoms with van der Waals surface area (Å²) in [5, 5.41) is 0. The van der Waals surface area contributed by atoms with Crippen LogP contribution in [0, 0.1) is 6.92 Å². The summed E-state index contributed by atoms with van der Waals surface area (Å²) in [5.74, 6) is -0.217. The van der Waals surface area contributed by atoms with Crippen molar-refractivity contribution < 1.29 is 17.5 Å². The van der Waals surface area contributed by atoms with Crippen LogP contribution < -0.4 is 4.57 Å². The highest BCUT2D eigenvalue weighted by Crippen LogP contribution is 1.95. The Kier molecular flexibility index (Phi) is 7.42. The van der Waals surface area contributed by atoms with E-state index in [0.717, 1.165) is 11.4 Å². The van der Waals surface area contributed by atoms with Gasteiger partial charge in [0.05, 0.1) is 5.75 Å². The average Bonchev–Trinajstić information content (AvgIpc) is 2.48. The van der Waals surface area contributed by atoms with E-state index in [2.05, 4.69) is 11.6 Å². The molecule has 0 radical (unpaired) electrons. The van der Waals surface area contributed by atoms with Crippen LogP contribution in [0.3, 0.4) is 0 Å². The molecule has 0 atom stereocenters. The van der Waals surface area contributed by atoms with E-state index >= 15 is 0 Å². The number of aromatic nitrogens is 2. The summed E-state index contributed by atoms with van der Waals surface area (Å²) in [4.78, 5) is 3.98. The van der Waals surface area contributed by atoms with Crippen LogP contribution in [0.1, 0.15) is 17.8 Å². The lowest BCUT2D eigenvalue weighted by Crippen LogP contribution is -2.37. The van der Waals surface area contributed by atoms with Crippen LogP contribution >= 0.6 is 0 Å². The number of pyridine rings is 2. The molecule has 5 nitrogen and oxygen atoms in total. The quantitative estimate of drug-likeness (QED) is 0.677. The molecule has 0 saturated carbocycles. The molecule has 0 aliphatic carbocycles. The second kappa shape index (κ2) is 9.07. The average molecular weight is 321 g/mol. The molecule has 2 heterocycles. The van der Waals surface area contributed by atoms with Gasteiger partial charge in [-0.15, -0.1) is 0 Å². The Hall–Kier alpha value is -2.05. The first kappa shape index (κ1) is 18.0. The molecule has 1 N–H and O–H groups in total. The largest absolute Gasteiger partial charge is 0.286 e. The third-order valence-corrected chi connectivity index (χ3v) is 3.60. The second-order valence-corrected chi connectivity index (χ2v) is 6.21. The lowest BCUT2D eigenvalue weighted by Gasteiger charge is -1.99. The van der Waals surface area contributed by atoms with Crippen molar-refractivity contribution in [2.24, 2.45) is 0 Å². The van der Waals surface area contributed by atoms with Crippen LogP contribution in [-0.4, -0.2) is 23.7 Å². The topological polar surface area (TPSA) is 71.1 Å². The predicted molar refractivity (Wildman–Crippen MR) is 86.7 cm³/mol. The van der Waals surface area contributed by atoms with Crippen molar-refractivity contribution in [1.29, 1.82) is 0 Å². The molecule has 0 spiro atoms. The van der Waals surface area contributed by atoms with Crippen molar-refractivity contribution in [2.75, 3.05) is 5.75 Å². The molecule has 0 fully saturated rings. The summed E-state index contributed by atoms with van der Waals surface area (Å²) in [7, 11) is -3.85. The van der Waals surface area contributed by atoms with Gasteiger partial charge in [-0.1, -0.05) is 12.6 Å². The summed E-state index contributed by atoms with van der Waals surface area (Å²) in [6, 6.07) is 11.5. The van der Waals surface area contributed by atoms with Gasteiger partial charge in [0.1, 0.15) is 6.54 Å². The maximum Gasteiger partial charge on any atom is 0.265 e. The zero-order valence-corrected chi connectivity index (χ0v) is 13.4. The Bertz CT molecular complexity index is 686. The van der Waals surface area contributed by atoms with E-state index in [1.165, 1.54) is 0 Å². The van der Waals surface area contributed by atoms with Crippen LogP contribution in [0.15, 0.2) is 55.4 Å². The molecule has 0 aromatic carbocycles. The number of hydrogen-bond acceptors (Lipinski definition) is 3. The molecule has 0 amide bonds. The third-order valence-electron chi connectivity index (χ3n) is 2.80. The molecule has 0 saturated heterocycles. The molecule has 0 aliphatic heterocycles. The Morgan fingerprint density at radius 1 is 1.27 bits per heavy atom. The maximum absolute atomic E-state index is 10.5. The van der Waals surface area contributed by atoms with Crippen LogP contribution in [-0.2, 0) is 16.7 Å². The van der Waals surface area contributed by atoms with Crippen molar-refractivity contribution >= 4 is 16.2 Å². The van der Waals surface area contributed by atoms with Gasteiger partial charge in [-0.25, -0.2) is 0 Å². The van der Waals surface area contributed by atoms with Crippen LogP contribution in [0.4, 0.5) is 0 Å². The van der Waals surface area contributed by atoms with E-state index in [1.54, 1.807) is 12.3 Å². The highest BCUT2D eigenvalue weighted by atomic mass is 32.2. The van der Waals surface area contributed by atoms with Gasteiger partial charge in [0.15, 0.2) is 6.20 Å². The summed E-state index contributed by atoms with van der Waals surface area (Å²) in [5.41, 5.74) is 2.00. The molecule has 0 unspecified atom stereocenters. The van der Waals surface area contributed by atoms with Gasteiger partial charge in [0.25, 0.3) is 10.1 Å². The highest BCUT2D eigenvalue weighted by molar-refractivity contribution is 7.85. The van der Waals surface area contributed by atoms with E-state index in [-0.39, 0.29) is 5.75 Å². The summed E-state index contributed by atoms with van der Waals surface area (Å²) in [6.07, 6.45) is 5.72. The molecular weight excluding hydrogens is 300 g/mol. The van der Waals surface area contributed by atoms with Crippen LogP contribution in [0.2, 0.25) is 0 Å². The second-order valence-electron chi connectivity index (χ2n) is 4.63. The molecule has 0 aliphatic rings. The Morgan fingerprint density at radius 3 is 2.50 bits per heavy atom. The minimum atomic E-state index is -3.85. The molecule has 2 aromatic rings. The fraction of sp³-hybridized carbons (Fsp3) is 0.250. The molecule has 0 bridgehead atoms. The van der Waals surface area contributed by atoms with Gasteiger partial charge < -0.3 is 0 Å². The van der Waals surface area contributed by atoms with Gasteiger partial charge in [0.2, 0.25) is 5.69 Å². The lowest BCUT2D eigenvalue weighted by atomic mass is 10.3. The molecule has 2 aromatic heterocycles. The number of hydrogen-bond donors (Lipinski definition) is 1. The van der Waals surface area contributed by atoms with Crippen molar-refractivity contribution in [1.82, 2.24) is 4.98 Å². The number of rotatable bonds is 5. The highest BCUT2D eigenvalue weighted by Gasteiger charge is 2.09. The minimum Gasteiger partial charge on any atom is -0.286 e. The van der Waals surface area contributed by atoms with Crippen molar-refractivity contribution in [3.05, 3.63) is 66.8 Å². The van der Waals surface area contributed by atoms with Gasteiger partial charge in [-0.3, -0.25) is 9.54 Å². The van der Waals surface area contributed by atoms with E-state index in [0.29, 0.717) is 13.0 Å². The van der Waals surface area contributed by atoms with E-state index < -0.39 is 10.1 Å². The van der Waals surface area contributed by atoms with Gasteiger partial charge in [-0.05, 0) is 25.1 Å². The normalized spacial score (nSPS) is 10.5. The number of aryl methyl sites for hydroxylation is 2. The fourth-order valence-corrected chi connectivity index (χ4v) is 2.24. The van der Waals surface area contributed by atoms with E-state index in [9.17, 15) is 8.42 Å². The van der Waals surface area contributed by atoms with Gasteiger partial charge >= 0.3 is 0 Å². The first-order valence-corrected chi connectivity index (χ1v) is 8.47. The maximum atomic E-state index is 10.5. The van der Waals surface area contributed by atoms with E-state index in [1.807, 2.05) is 54.1 Å². The Morgan fingerprint density at radius 2 is 2.00 bits per heavy atom. The van der Waals surface area contributed by atoms with Gasteiger partial charge in [-0.2, -0.15) is 13.0 Å². The lowest BCUT2D eigenvalue weighted by molar-refractivity contribution is -0.698. The van der Waals surface area contributed by atoms with E-state index in [4.69, 9.17) is 4.55 Å². The smallest absolute Gasteiger partial charge is 0.265 e. The summed E-state index contributed by atoms with van der Waals surface area (Å²) < 4.78 is 31.5. The zero-order valence-electron chi connectivity index (χ0n) is 12.6. The Balaban J connectivity index is 0.000000287. The summed E-state index contributed by atoms with van der Waals surface area (Å²) in [6.45, 7) is 6.18. The fourth-order valence-electron chi connectivity index (χ4n) is 1.74. The zero-order chi connectivity index (χ0) is 16.4. The van der Waals surface area contributed by atoms with Crippen molar-refractivity contribution in [3.63, 3.8) is 0 Å². The third kappa shape index (κ3) is 7.66. The van der Waals surface area contributed by atoms with Crippen molar-refractivity contribution in [3.8, 4) is 0 Å². The van der Waals surface area contributed by atoms with Crippen LogP contribution in [0.5, 0.6) is 0 Å². The predicted octanol–water partition coefficient (Wildman–Crippen LogP) is 2.29. The standard InChI is InChI=1S/C10H13NO3S.C6H7N/c1-2-10-6-3-4-7-11(10)8-5-9-15(12,13)14;1-6-4-2-3-5-7-6/h2-4,6-7H,1,5,8-9H2;2-5H,1H3/p+1. The molecule has 2 rings (SSSR count). The molecular formula is C16H21N2O3S+.